The SMILES string of the molecule is N#Cc1c(NS(=O)(=O)c2ccc(F)cc2)oc(-c2ccccc2)c1-c1ccccc1. The smallest absolute Gasteiger partial charge is 0.264 e. The van der Waals surface area contributed by atoms with E-state index in [9.17, 15) is 18.1 Å². The average molecular weight is 418 g/mol. The van der Waals surface area contributed by atoms with Crippen molar-refractivity contribution < 1.29 is 17.2 Å². The Hall–Kier alpha value is -3.89. The molecule has 1 aromatic heterocycles. The maximum atomic E-state index is 13.2. The second kappa shape index (κ2) is 7.85. The van der Waals surface area contributed by atoms with Crippen molar-refractivity contribution in [1.82, 2.24) is 0 Å². The molecule has 1 N–H and O–H groups in total. The van der Waals surface area contributed by atoms with Gasteiger partial charge in [0.25, 0.3) is 10.0 Å². The highest BCUT2D eigenvalue weighted by atomic mass is 32.2. The molecule has 0 spiro atoms. The minimum atomic E-state index is -4.09. The predicted octanol–water partition coefficient (Wildman–Crippen LogP) is 5.43. The molecule has 0 aliphatic carbocycles. The van der Waals surface area contributed by atoms with Gasteiger partial charge >= 0.3 is 0 Å². The number of halogens is 1. The number of hydrogen-bond acceptors (Lipinski definition) is 4. The van der Waals surface area contributed by atoms with E-state index >= 15 is 0 Å². The summed E-state index contributed by atoms with van der Waals surface area (Å²) in [6.07, 6.45) is 0. The fourth-order valence-corrected chi connectivity index (χ4v) is 4.08. The van der Waals surface area contributed by atoms with Gasteiger partial charge in [-0.15, -0.1) is 0 Å². The Balaban J connectivity index is 1.88. The molecule has 7 heteroatoms. The number of anilines is 1. The van der Waals surface area contributed by atoms with Crippen molar-refractivity contribution in [3.8, 4) is 28.5 Å². The zero-order valence-electron chi connectivity index (χ0n) is 15.5. The second-order valence-electron chi connectivity index (χ2n) is 6.41. The summed E-state index contributed by atoms with van der Waals surface area (Å²) in [6.45, 7) is 0. The van der Waals surface area contributed by atoms with Crippen LogP contribution in [-0.4, -0.2) is 8.42 Å². The molecule has 0 aliphatic rings. The molecule has 0 saturated heterocycles. The number of sulfonamides is 1. The minimum absolute atomic E-state index is 0.0609. The molecule has 3 aromatic carbocycles. The van der Waals surface area contributed by atoms with Crippen LogP contribution in [0.5, 0.6) is 0 Å². The van der Waals surface area contributed by atoms with Crippen LogP contribution in [0, 0.1) is 17.1 Å². The molecule has 0 radical (unpaired) electrons. The highest BCUT2D eigenvalue weighted by Gasteiger charge is 2.26. The monoisotopic (exact) mass is 418 g/mol. The molecule has 0 atom stereocenters. The van der Waals surface area contributed by atoms with Gasteiger partial charge < -0.3 is 4.42 Å². The molecule has 1 heterocycles. The fourth-order valence-electron chi connectivity index (χ4n) is 3.08. The van der Waals surface area contributed by atoms with E-state index < -0.39 is 15.8 Å². The van der Waals surface area contributed by atoms with Gasteiger partial charge in [0.2, 0.25) is 5.88 Å². The van der Waals surface area contributed by atoms with E-state index in [2.05, 4.69) is 10.8 Å². The molecule has 148 valence electrons. The van der Waals surface area contributed by atoms with Crippen molar-refractivity contribution >= 4 is 15.9 Å². The van der Waals surface area contributed by atoms with Crippen molar-refractivity contribution in [2.45, 2.75) is 4.90 Å². The molecule has 0 fully saturated rings. The Labute approximate surface area is 173 Å². The van der Waals surface area contributed by atoms with E-state index in [1.165, 1.54) is 0 Å². The Morgan fingerprint density at radius 2 is 1.40 bits per heavy atom. The number of nitrogens with one attached hydrogen (secondary N) is 1. The summed E-state index contributed by atoms with van der Waals surface area (Å²) in [5, 5.41) is 9.83. The third kappa shape index (κ3) is 3.69. The lowest BCUT2D eigenvalue weighted by molar-refractivity contribution is 0.584. The highest BCUT2D eigenvalue weighted by molar-refractivity contribution is 7.92. The molecular formula is C23H15FN2O3S. The van der Waals surface area contributed by atoms with Gasteiger partial charge in [-0.1, -0.05) is 60.7 Å². The third-order valence-corrected chi connectivity index (χ3v) is 5.82. The molecule has 0 saturated carbocycles. The number of rotatable bonds is 5. The summed E-state index contributed by atoms with van der Waals surface area (Å²) < 4.78 is 46.9. The maximum Gasteiger partial charge on any atom is 0.264 e. The normalized spacial score (nSPS) is 11.1. The molecule has 0 aliphatic heterocycles. The van der Waals surface area contributed by atoms with Gasteiger partial charge in [0.1, 0.15) is 23.2 Å². The number of nitrogens with zero attached hydrogens (tertiary/aromatic N) is 1. The van der Waals surface area contributed by atoms with E-state index in [1.807, 2.05) is 60.7 Å². The zero-order chi connectivity index (χ0) is 21.1. The first-order chi connectivity index (χ1) is 14.5. The summed E-state index contributed by atoms with van der Waals surface area (Å²) in [5.74, 6) is -0.378. The van der Waals surface area contributed by atoms with Crippen molar-refractivity contribution in [2.24, 2.45) is 0 Å². The lowest BCUT2D eigenvalue weighted by Crippen LogP contribution is -2.13. The number of benzene rings is 3. The van der Waals surface area contributed by atoms with Crippen LogP contribution < -0.4 is 4.72 Å². The predicted molar refractivity (Wildman–Crippen MR) is 112 cm³/mol. The number of nitriles is 1. The number of hydrogen-bond donors (Lipinski definition) is 1. The van der Waals surface area contributed by atoms with Crippen LogP contribution in [-0.2, 0) is 10.0 Å². The van der Waals surface area contributed by atoms with E-state index in [0.717, 1.165) is 24.3 Å². The summed E-state index contributed by atoms with van der Waals surface area (Å²) in [4.78, 5) is -0.147. The van der Waals surface area contributed by atoms with Crippen LogP contribution in [0.3, 0.4) is 0 Å². The Bertz CT molecular complexity index is 1330. The van der Waals surface area contributed by atoms with Gasteiger partial charge in [-0.3, -0.25) is 0 Å². The quantitative estimate of drug-likeness (QED) is 0.469. The van der Waals surface area contributed by atoms with E-state index in [-0.39, 0.29) is 16.3 Å². The molecule has 0 unspecified atom stereocenters. The molecule has 0 bridgehead atoms. The van der Waals surface area contributed by atoms with Crippen LogP contribution in [0.4, 0.5) is 10.3 Å². The van der Waals surface area contributed by atoms with E-state index in [0.29, 0.717) is 22.5 Å². The zero-order valence-corrected chi connectivity index (χ0v) is 16.4. The molecule has 4 aromatic rings. The molecule has 5 nitrogen and oxygen atoms in total. The van der Waals surface area contributed by atoms with Crippen molar-refractivity contribution in [2.75, 3.05) is 4.72 Å². The second-order valence-corrected chi connectivity index (χ2v) is 8.10. The van der Waals surface area contributed by atoms with Crippen LogP contribution in [0.25, 0.3) is 22.5 Å². The Kier molecular flexibility index (Phi) is 5.09. The third-order valence-electron chi connectivity index (χ3n) is 4.47. The fraction of sp³-hybridized carbons (Fsp3) is 0. The lowest BCUT2D eigenvalue weighted by Gasteiger charge is -2.06. The van der Waals surface area contributed by atoms with Crippen LogP contribution in [0.1, 0.15) is 5.56 Å². The standard InChI is InChI=1S/C23H15FN2O3S/c24-18-11-13-19(14-12-18)30(27,28)26-23-20(15-25)21(16-7-3-1-4-8-16)22(29-23)17-9-5-2-6-10-17/h1-14,26H. The van der Waals surface area contributed by atoms with Crippen molar-refractivity contribution in [3.63, 3.8) is 0 Å². The Morgan fingerprint density at radius 1 is 0.833 bits per heavy atom. The van der Waals surface area contributed by atoms with Crippen molar-refractivity contribution in [1.29, 1.82) is 5.26 Å². The highest BCUT2D eigenvalue weighted by Crippen LogP contribution is 2.41. The van der Waals surface area contributed by atoms with Crippen LogP contribution >= 0.6 is 0 Å². The minimum Gasteiger partial charge on any atom is -0.438 e. The summed E-state index contributed by atoms with van der Waals surface area (Å²) in [5.41, 5.74) is 1.95. The van der Waals surface area contributed by atoms with Crippen molar-refractivity contribution in [3.05, 3.63) is 96.3 Å². The average Bonchev–Trinajstić information content (AvgIpc) is 3.12. The van der Waals surface area contributed by atoms with Crippen LogP contribution in [0.15, 0.2) is 94.2 Å². The van der Waals surface area contributed by atoms with E-state index in [4.69, 9.17) is 4.42 Å². The summed E-state index contributed by atoms with van der Waals surface area (Å²) >= 11 is 0. The maximum absolute atomic E-state index is 13.2. The molecule has 30 heavy (non-hydrogen) atoms. The summed E-state index contributed by atoms with van der Waals surface area (Å²) in [7, 11) is -4.09. The van der Waals surface area contributed by atoms with Gasteiger partial charge in [-0.05, 0) is 29.8 Å². The van der Waals surface area contributed by atoms with Gasteiger partial charge in [-0.25, -0.2) is 17.5 Å². The van der Waals surface area contributed by atoms with Gasteiger partial charge in [0, 0.05) is 11.1 Å². The van der Waals surface area contributed by atoms with Crippen LogP contribution in [0.2, 0.25) is 0 Å². The molecular weight excluding hydrogens is 403 g/mol. The van der Waals surface area contributed by atoms with E-state index in [1.54, 1.807) is 0 Å². The van der Waals surface area contributed by atoms with Gasteiger partial charge in [0.15, 0.2) is 0 Å². The molecule has 4 rings (SSSR count). The first-order valence-corrected chi connectivity index (χ1v) is 10.4. The topological polar surface area (TPSA) is 83.1 Å². The largest absolute Gasteiger partial charge is 0.438 e. The first kappa shape index (κ1) is 19.4. The van der Waals surface area contributed by atoms with Gasteiger partial charge in [0.05, 0.1) is 4.90 Å². The Morgan fingerprint density at radius 3 is 1.97 bits per heavy atom. The summed E-state index contributed by atoms with van der Waals surface area (Å²) in [6, 6.07) is 24.7. The van der Waals surface area contributed by atoms with Gasteiger partial charge in [-0.2, -0.15) is 5.26 Å². The number of furan rings is 1. The first-order valence-electron chi connectivity index (χ1n) is 8.96. The lowest BCUT2D eigenvalue weighted by atomic mass is 9.98. The molecule has 0 amide bonds.